The highest BCUT2D eigenvalue weighted by Gasteiger charge is 2.31. The molecule has 0 aliphatic rings. The van der Waals surface area contributed by atoms with Gasteiger partial charge in [-0.2, -0.15) is 5.90 Å². The number of anilines is 1. The van der Waals surface area contributed by atoms with E-state index in [0.717, 1.165) is 6.07 Å². The molecule has 0 amide bonds. The molecule has 0 atom stereocenters. The molecule has 2 aromatic rings. The van der Waals surface area contributed by atoms with Crippen molar-refractivity contribution in [3.63, 3.8) is 0 Å². The second-order valence-corrected chi connectivity index (χ2v) is 3.60. The molecule has 0 aliphatic carbocycles. The minimum atomic E-state index is -4.81. The molecule has 0 fully saturated rings. The average molecular weight is 299 g/mol. The van der Waals surface area contributed by atoms with Gasteiger partial charge in [0.25, 0.3) is 0 Å². The van der Waals surface area contributed by atoms with E-state index in [4.69, 9.17) is 10.7 Å². The van der Waals surface area contributed by atoms with Crippen LogP contribution in [-0.2, 0) is 0 Å². The van der Waals surface area contributed by atoms with Gasteiger partial charge in [-0.05, 0) is 6.07 Å². The zero-order valence-corrected chi connectivity index (χ0v) is 10.3. The maximum absolute atomic E-state index is 12.1. The Morgan fingerprint density at radius 1 is 1.19 bits per heavy atom. The fourth-order valence-electron chi connectivity index (χ4n) is 1.28. The molecule has 1 aromatic heterocycles. The molecule has 0 unspecified atom stereocenters. The van der Waals surface area contributed by atoms with Crippen LogP contribution in [0, 0.1) is 12.1 Å². The number of aromatic nitrogens is 1. The van der Waals surface area contributed by atoms with Crippen LogP contribution < -0.4 is 25.8 Å². The fraction of sp³-hybridized carbons (Fsp3) is 0.0833. The predicted molar refractivity (Wildman–Crippen MR) is 64.1 cm³/mol. The maximum atomic E-state index is 12.1. The molecule has 0 aliphatic heterocycles. The van der Waals surface area contributed by atoms with Gasteiger partial charge in [0.05, 0.1) is 18.1 Å². The lowest BCUT2D eigenvalue weighted by Gasteiger charge is -2.10. The molecule has 0 saturated carbocycles. The van der Waals surface area contributed by atoms with Gasteiger partial charge < -0.3 is 14.4 Å². The van der Waals surface area contributed by atoms with E-state index in [1.807, 2.05) is 0 Å². The normalized spacial score (nSPS) is 10.5. The van der Waals surface area contributed by atoms with Gasteiger partial charge in [0.2, 0.25) is 0 Å². The predicted octanol–water partition coefficient (Wildman–Crippen LogP) is 2.24. The molecule has 110 valence electrons. The summed E-state index contributed by atoms with van der Waals surface area (Å²) in [6.45, 7) is 0. The molecule has 0 bridgehead atoms. The molecule has 1 aromatic carbocycles. The molecular formula is C12H8F3N3O3. The van der Waals surface area contributed by atoms with Gasteiger partial charge in [0.1, 0.15) is 0 Å². The zero-order chi connectivity index (χ0) is 15.3. The third-order valence-electron chi connectivity index (χ3n) is 2.04. The number of hydrogen-bond acceptors (Lipinski definition) is 6. The van der Waals surface area contributed by atoms with Gasteiger partial charge in [-0.3, -0.25) is 4.98 Å². The second kappa shape index (κ2) is 6.06. The number of ether oxygens (including phenoxy) is 1. The van der Waals surface area contributed by atoms with Crippen LogP contribution in [0.2, 0.25) is 0 Å². The number of rotatable bonds is 5. The van der Waals surface area contributed by atoms with Crippen molar-refractivity contribution in [1.29, 1.82) is 0 Å². The van der Waals surface area contributed by atoms with Crippen LogP contribution in [0.4, 0.5) is 18.9 Å². The third-order valence-corrected chi connectivity index (χ3v) is 2.04. The minimum Gasteiger partial charge on any atom is -0.410 e. The number of nitrogens with two attached hydrogens (primary N) is 1. The smallest absolute Gasteiger partial charge is 0.410 e. The standard InChI is InChI=1S/C12H8F3N3O3/c13-12(14,15)19-9-2-1-3-10(5-9)21-18-8-4-11(20-16)7-17-6-8/h3-7,18H,16H2. The molecule has 2 rings (SSSR count). The summed E-state index contributed by atoms with van der Waals surface area (Å²) in [4.78, 5) is 13.3. The van der Waals surface area contributed by atoms with Crippen molar-refractivity contribution in [3.05, 3.63) is 42.7 Å². The van der Waals surface area contributed by atoms with Crippen molar-refractivity contribution in [1.82, 2.24) is 4.98 Å². The van der Waals surface area contributed by atoms with Gasteiger partial charge in [0, 0.05) is 18.2 Å². The van der Waals surface area contributed by atoms with Crippen LogP contribution in [0.15, 0.2) is 30.6 Å². The molecule has 0 spiro atoms. The summed E-state index contributed by atoms with van der Waals surface area (Å²) in [5.41, 5.74) is 2.84. The average Bonchev–Trinajstić information content (AvgIpc) is 2.44. The van der Waals surface area contributed by atoms with Gasteiger partial charge in [-0.1, -0.05) is 6.07 Å². The van der Waals surface area contributed by atoms with E-state index < -0.39 is 12.1 Å². The fourth-order valence-corrected chi connectivity index (χ4v) is 1.28. The van der Waals surface area contributed by atoms with E-state index in [1.54, 1.807) is 0 Å². The Morgan fingerprint density at radius 3 is 2.71 bits per heavy atom. The number of alkyl halides is 3. The summed E-state index contributed by atoms with van der Waals surface area (Å²) in [5, 5.41) is 0. The van der Waals surface area contributed by atoms with E-state index in [2.05, 4.69) is 32.2 Å². The topological polar surface area (TPSA) is 78.6 Å². The Balaban J connectivity index is 2.01. The van der Waals surface area contributed by atoms with Crippen LogP contribution in [0.5, 0.6) is 17.2 Å². The molecule has 0 saturated heterocycles. The van der Waals surface area contributed by atoms with Crippen LogP contribution in [0.3, 0.4) is 0 Å². The number of hydrogen-bond donors (Lipinski definition) is 2. The zero-order valence-electron chi connectivity index (χ0n) is 10.3. The highest BCUT2D eigenvalue weighted by Crippen LogP contribution is 2.24. The molecular weight excluding hydrogens is 291 g/mol. The summed E-state index contributed by atoms with van der Waals surface area (Å²) in [5.74, 6) is 4.70. The minimum absolute atomic E-state index is 0.0343. The monoisotopic (exact) mass is 299 g/mol. The Hall–Kier alpha value is -2.86. The first-order chi connectivity index (χ1) is 9.96. The van der Waals surface area contributed by atoms with Gasteiger partial charge >= 0.3 is 6.36 Å². The van der Waals surface area contributed by atoms with E-state index in [-0.39, 0.29) is 11.5 Å². The number of halogens is 3. The summed E-state index contributed by atoms with van der Waals surface area (Å²) in [7, 11) is 0. The lowest BCUT2D eigenvalue weighted by Crippen LogP contribution is -2.17. The van der Waals surface area contributed by atoms with Crippen LogP contribution in [0.25, 0.3) is 0 Å². The van der Waals surface area contributed by atoms with Gasteiger partial charge in [-0.25, -0.2) is 5.48 Å². The molecule has 21 heavy (non-hydrogen) atoms. The highest BCUT2D eigenvalue weighted by atomic mass is 19.4. The summed E-state index contributed by atoms with van der Waals surface area (Å²) in [6, 6.07) is 8.23. The SMILES string of the molecule is NOc1cncc(NOc2cc#cc(OC(F)(F)F)c2)c1. The summed E-state index contributed by atoms with van der Waals surface area (Å²) >= 11 is 0. The molecule has 0 radical (unpaired) electrons. The second-order valence-electron chi connectivity index (χ2n) is 3.60. The quantitative estimate of drug-likeness (QED) is 0.824. The van der Waals surface area contributed by atoms with E-state index in [0.29, 0.717) is 5.69 Å². The van der Waals surface area contributed by atoms with E-state index >= 15 is 0 Å². The first kappa shape index (κ1) is 14.5. The van der Waals surface area contributed by atoms with Crippen LogP contribution in [0.1, 0.15) is 0 Å². The molecule has 6 nitrogen and oxygen atoms in total. The largest absolute Gasteiger partial charge is 0.573 e. The molecule has 1 heterocycles. The van der Waals surface area contributed by atoms with Crippen molar-refractivity contribution in [2.75, 3.05) is 5.48 Å². The van der Waals surface area contributed by atoms with Crippen molar-refractivity contribution < 1.29 is 27.6 Å². The van der Waals surface area contributed by atoms with Gasteiger partial charge in [-0.15, -0.1) is 13.2 Å². The summed E-state index contributed by atoms with van der Waals surface area (Å²) in [6.07, 6.45) is -2.05. The van der Waals surface area contributed by atoms with Crippen molar-refractivity contribution in [3.8, 4) is 17.2 Å². The van der Waals surface area contributed by atoms with Crippen LogP contribution >= 0.6 is 0 Å². The Kier molecular flexibility index (Phi) is 4.20. The first-order valence-electron chi connectivity index (χ1n) is 5.40. The molecule has 9 heteroatoms. The Bertz CT molecular complexity index is 608. The van der Waals surface area contributed by atoms with Crippen molar-refractivity contribution in [2.45, 2.75) is 6.36 Å². The van der Waals surface area contributed by atoms with Crippen LogP contribution in [-0.4, -0.2) is 11.3 Å². The first-order valence-corrected chi connectivity index (χ1v) is 5.40. The van der Waals surface area contributed by atoms with Gasteiger partial charge in [0.15, 0.2) is 17.2 Å². The van der Waals surface area contributed by atoms with E-state index in [9.17, 15) is 13.2 Å². The Labute approximate surface area is 117 Å². The summed E-state index contributed by atoms with van der Waals surface area (Å²) < 4.78 is 39.9. The highest BCUT2D eigenvalue weighted by molar-refractivity contribution is 5.44. The number of nitrogens with zero attached hydrogens (tertiary/aromatic N) is 1. The van der Waals surface area contributed by atoms with Crippen molar-refractivity contribution >= 4 is 5.69 Å². The van der Waals surface area contributed by atoms with E-state index in [1.165, 1.54) is 24.5 Å². The lowest BCUT2D eigenvalue weighted by atomic mass is 10.4. The number of pyridine rings is 1. The lowest BCUT2D eigenvalue weighted by molar-refractivity contribution is -0.274. The number of nitrogens with one attached hydrogen (secondary N) is 1. The third kappa shape index (κ3) is 4.63. The Morgan fingerprint density at radius 2 is 2.00 bits per heavy atom. The maximum Gasteiger partial charge on any atom is 0.573 e. The molecule has 3 N–H and O–H groups in total. The van der Waals surface area contributed by atoms with Crippen molar-refractivity contribution in [2.24, 2.45) is 5.90 Å².